The summed E-state index contributed by atoms with van der Waals surface area (Å²) < 4.78 is 0. The molecule has 3 N–H and O–H groups in total. The highest BCUT2D eigenvalue weighted by molar-refractivity contribution is 5.93. The van der Waals surface area contributed by atoms with Crippen LogP contribution in [0.25, 0.3) is 0 Å². The fraction of sp³-hybridized carbons (Fsp3) is 0.375. The van der Waals surface area contributed by atoms with Crippen LogP contribution in [0.4, 0.5) is 11.8 Å². The molecule has 68 valence electrons. The van der Waals surface area contributed by atoms with Gasteiger partial charge >= 0.3 is 0 Å². The quantitative estimate of drug-likeness (QED) is 0.606. The molecule has 1 atom stereocenters. The Hall–Kier alpha value is -1.65. The van der Waals surface area contributed by atoms with Crippen LogP contribution in [0.3, 0.4) is 0 Å². The number of nitrogens with two attached hydrogens (primary N) is 1. The molecule has 5 heteroatoms. The van der Waals surface area contributed by atoms with Crippen molar-refractivity contribution in [2.75, 3.05) is 11.1 Å². The van der Waals surface area contributed by atoms with Crippen molar-refractivity contribution < 1.29 is 4.79 Å². The Balaban J connectivity index is 2.49. The van der Waals surface area contributed by atoms with E-state index >= 15 is 0 Å². The van der Waals surface area contributed by atoms with Crippen molar-refractivity contribution >= 4 is 17.7 Å². The van der Waals surface area contributed by atoms with Crippen LogP contribution < -0.4 is 11.1 Å². The molecule has 0 saturated heterocycles. The summed E-state index contributed by atoms with van der Waals surface area (Å²) in [7, 11) is 0. The summed E-state index contributed by atoms with van der Waals surface area (Å²) in [6.07, 6.45) is 2.15. The zero-order valence-electron chi connectivity index (χ0n) is 7.24. The van der Waals surface area contributed by atoms with Crippen molar-refractivity contribution in [2.45, 2.75) is 19.3 Å². The lowest BCUT2D eigenvalue weighted by Gasteiger charge is -2.20. The van der Waals surface area contributed by atoms with E-state index in [9.17, 15) is 4.79 Å². The number of nitrogens with one attached hydrogen (secondary N) is 1. The average molecular weight is 178 g/mol. The van der Waals surface area contributed by atoms with Crippen LogP contribution in [0.5, 0.6) is 0 Å². The van der Waals surface area contributed by atoms with Gasteiger partial charge < -0.3 is 11.1 Å². The number of fused-ring (bicyclic) bond motifs is 1. The number of nitrogens with zero attached hydrogens (tertiary/aromatic N) is 2. The van der Waals surface area contributed by atoms with E-state index in [1.54, 1.807) is 6.20 Å². The maximum Gasteiger partial charge on any atom is 0.226 e. The highest BCUT2D eigenvalue weighted by Crippen LogP contribution is 2.29. The van der Waals surface area contributed by atoms with Crippen molar-refractivity contribution in [3.8, 4) is 0 Å². The lowest BCUT2D eigenvalue weighted by atomic mass is 9.96. The zero-order valence-corrected chi connectivity index (χ0v) is 7.24. The van der Waals surface area contributed by atoms with Crippen molar-refractivity contribution in [3.63, 3.8) is 0 Å². The van der Waals surface area contributed by atoms with E-state index < -0.39 is 0 Å². The minimum atomic E-state index is -0.0156. The molecule has 1 aromatic rings. The maximum atomic E-state index is 11.1. The van der Waals surface area contributed by atoms with Gasteiger partial charge in [0.15, 0.2) is 0 Å². The van der Waals surface area contributed by atoms with Gasteiger partial charge in [0.05, 0.1) is 0 Å². The van der Waals surface area contributed by atoms with Crippen molar-refractivity contribution in [2.24, 2.45) is 0 Å². The van der Waals surface area contributed by atoms with Gasteiger partial charge in [0.1, 0.15) is 5.82 Å². The van der Waals surface area contributed by atoms with E-state index in [2.05, 4.69) is 15.3 Å². The predicted octanol–water partition coefficient (Wildman–Crippen LogP) is 0.504. The minimum Gasteiger partial charge on any atom is -0.368 e. The fourth-order valence-corrected chi connectivity index (χ4v) is 1.44. The molecule has 0 saturated carbocycles. The molecule has 0 spiro atoms. The first-order valence-corrected chi connectivity index (χ1v) is 4.09. The Morgan fingerprint density at radius 3 is 3.23 bits per heavy atom. The van der Waals surface area contributed by atoms with E-state index in [0.29, 0.717) is 12.2 Å². The number of rotatable bonds is 0. The maximum absolute atomic E-state index is 11.1. The molecule has 2 rings (SSSR count). The Labute approximate surface area is 75.4 Å². The van der Waals surface area contributed by atoms with Crippen molar-refractivity contribution in [1.82, 2.24) is 9.97 Å². The van der Waals surface area contributed by atoms with Crippen LogP contribution in [-0.2, 0) is 4.79 Å². The van der Waals surface area contributed by atoms with E-state index in [4.69, 9.17) is 5.73 Å². The smallest absolute Gasteiger partial charge is 0.226 e. The molecule has 5 nitrogen and oxygen atoms in total. The first kappa shape index (κ1) is 7.97. The van der Waals surface area contributed by atoms with Gasteiger partial charge in [-0.25, -0.2) is 4.98 Å². The van der Waals surface area contributed by atoms with E-state index in [0.717, 1.165) is 5.56 Å². The third kappa shape index (κ3) is 1.32. The van der Waals surface area contributed by atoms with Crippen LogP contribution in [0.2, 0.25) is 0 Å². The molecule has 0 bridgehead atoms. The predicted molar refractivity (Wildman–Crippen MR) is 48.1 cm³/mol. The van der Waals surface area contributed by atoms with Gasteiger partial charge in [0.25, 0.3) is 0 Å². The third-order valence-electron chi connectivity index (χ3n) is 2.12. The lowest BCUT2D eigenvalue weighted by molar-refractivity contribution is -0.116. The largest absolute Gasteiger partial charge is 0.368 e. The molecule has 0 fully saturated rings. The van der Waals surface area contributed by atoms with Crippen LogP contribution in [0.15, 0.2) is 6.20 Å². The lowest BCUT2D eigenvalue weighted by Crippen LogP contribution is -2.23. The van der Waals surface area contributed by atoms with E-state index in [-0.39, 0.29) is 17.8 Å². The van der Waals surface area contributed by atoms with Crippen LogP contribution in [0.1, 0.15) is 24.8 Å². The summed E-state index contributed by atoms with van der Waals surface area (Å²) in [4.78, 5) is 19.0. The third-order valence-corrected chi connectivity index (χ3v) is 2.12. The highest BCUT2D eigenvalue weighted by Gasteiger charge is 2.22. The molecule has 1 aromatic heterocycles. The number of carbonyl (C=O) groups excluding carboxylic acids is 1. The average Bonchev–Trinajstić information content (AvgIpc) is 2.02. The van der Waals surface area contributed by atoms with Gasteiger partial charge in [-0.05, 0) is 5.92 Å². The van der Waals surface area contributed by atoms with Gasteiger partial charge in [0.2, 0.25) is 11.9 Å². The minimum absolute atomic E-state index is 0.0156. The molecule has 1 aliphatic rings. The molecule has 13 heavy (non-hydrogen) atoms. The standard InChI is InChI=1S/C8H10N4O/c1-4-2-6(13)11-7-5(4)3-10-8(9)12-7/h3-4H,2H2,1H3,(H3,9,10,11,12,13)/t4-/m0/s1. The highest BCUT2D eigenvalue weighted by atomic mass is 16.1. The Morgan fingerprint density at radius 2 is 2.46 bits per heavy atom. The summed E-state index contributed by atoms with van der Waals surface area (Å²) in [6.45, 7) is 1.97. The van der Waals surface area contributed by atoms with E-state index in [1.165, 1.54) is 0 Å². The van der Waals surface area contributed by atoms with Crippen molar-refractivity contribution in [3.05, 3.63) is 11.8 Å². The number of carbonyl (C=O) groups is 1. The summed E-state index contributed by atoms with van der Waals surface area (Å²) in [5.74, 6) is 0.895. The number of aromatic nitrogens is 2. The molecule has 0 aliphatic carbocycles. The summed E-state index contributed by atoms with van der Waals surface area (Å²) in [6, 6.07) is 0. The number of hydrogen-bond acceptors (Lipinski definition) is 4. The Bertz CT molecular complexity index is 363. The first-order chi connectivity index (χ1) is 6.16. The number of anilines is 2. The molecular formula is C8H10N4O. The number of amides is 1. The molecular weight excluding hydrogens is 168 g/mol. The second-order valence-electron chi connectivity index (χ2n) is 3.19. The molecule has 1 aliphatic heterocycles. The van der Waals surface area contributed by atoms with Crippen molar-refractivity contribution in [1.29, 1.82) is 0 Å². The second-order valence-corrected chi connectivity index (χ2v) is 3.19. The molecule has 1 amide bonds. The molecule has 2 heterocycles. The van der Waals surface area contributed by atoms with Crippen LogP contribution >= 0.6 is 0 Å². The van der Waals surface area contributed by atoms with Gasteiger partial charge in [-0.15, -0.1) is 0 Å². The van der Waals surface area contributed by atoms with Crippen LogP contribution in [-0.4, -0.2) is 15.9 Å². The normalized spacial score (nSPS) is 20.7. The number of hydrogen-bond donors (Lipinski definition) is 2. The second kappa shape index (κ2) is 2.69. The Kier molecular flexibility index (Phi) is 1.65. The topological polar surface area (TPSA) is 80.9 Å². The monoisotopic (exact) mass is 178 g/mol. The summed E-state index contributed by atoms with van der Waals surface area (Å²) in [5, 5.41) is 2.66. The fourth-order valence-electron chi connectivity index (χ4n) is 1.44. The van der Waals surface area contributed by atoms with E-state index in [1.807, 2.05) is 6.92 Å². The van der Waals surface area contributed by atoms with Gasteiger partial charge in [0, 0.05) is 18.2 Å². The molecule has 0 aromatic carbocycles. The number of nitrogen functional groups attached to an aromatic ring is 1. The zero-order chi connectivity index (χ0) is 9.42. The Morgan fingerprint density at radius 1 is 1.69 bits per heavy atom. The summed E-state index contributed by atoms with van der Waals surface area (Å²) in [5.41, 5.74) is 6.35. The molecule has 0 radical (unpaired) electrons. The van der Waals surface area contributed by atoms with Gasteiger partial charge in [-0.3, -0.25) is 4.79 Å². The van der Waals surface area contributed by atoms with Crippen LogP contribution in [0, 0.1) is 0 Å². The first-order valence-electron chi connectivity index (χ1n) is 4.09. The summed E-state index contributed by atoms with van der Waals surface area (Å²) >= 11 is 0. The van der Waals surface area contributed by atoms with Gasteiger partial charge in [-0.1, -0.05) is 6.92 Å². The SMILES string of the molecule is C[C@H]1CC(=O)Nc2nc(N)ncc21. The van der Waals surface area contributed by atoms with Gasteiger partial charge in [-0.2, -0.15) is 4.98 Å². The molecule has 0 unspecified atom stereocenters.